The minimum Gasteiger partial charge on any atom is -0.0873 e. The Balaban J connectivity index is 1.96. The summed E-state index contributed by atoms with van der Waals surface area (Å²) in [4.78, 5) is 0. The van der Waals surface area contributed by atoms with Crippen molar-refractivity contribution in [3.63, 3.8) is 0 Å². The molecule has 0 heteroatoms. The lowest BCUT2D eigenvalue weighted by atomic mass is 9.73. The van der Waals surface area contributed by atoms with E-state index in [1.54, 1.807) is 0 Å². The lowest BCUT2D eigenvalue weighted by Crippen LogP contribution is -2.24. The molecule has 0 radical (unpaired) electrons. The highest BCUT2D eigenvalue weighted by Gasteiger charge is 2.31. The van der Waals surface area contributed by atoms with Crippen molar-refractivity contribution in [3.8, 4) is 0 Å². The fourth-order valence-electron chi connectivity index (χ4n) is 2.93. The van der Waals surface area contributed by atoms with Gasteiger partial charge in [-0.15, -0.1) is 0 Å². The fourth-order valence-corrected chi connectivity index (χ4v) is 2.93. The molecule has 0 aromatic rings. The van der Waals surface area contributed by atoms with Crippen LogP contribution in [0.2, 0.25) is 0 Å². The van der Waals surface area contributed by atoms with Crippen LogP contribution >= 0.6 is 0 Å². The molecule has 0 heterocycles. The lowest BCUT2D eigenvalue weighted by Gasteiger charge is -2.31. The molecule has 0 N–H and O–H groups in total. The summed E-state index contributed by atoms with van der Waals surface area (Å²) in [5, 5.41) is 0. The van der Waals surface area contributed by atoms with Crippen molar-refractivity contribution in [1.29, 1.82) is 0 Å². The molecule has 15 heavy (non-hydrogen) atoms. The van der Waals surface area contributed by atoms with E-state index < -0.39 is 0 Å². The topological polar surface area (TPSA) is 0 Å². The third-order valence-electron chi connectivity index (χ3n) is 3.73. The van der Waals surface area contributed by atoms with Crippen molar-refractivity contribution in [2.45, 2.75) is 6.42 Å². The average Bonchev–Trinajstić information content (AvgIpc) is 2.48. The van der Waals surface area contributed by atoms with Crippen LogP contribution in [-0.4, -0.2) is 0 Å². The third-order valence-corrected chi connectivity index (χ3v) is 3.73. The predicted octanol–water partition coefficient (Wildman–Crippen LogP) is 3.66. The minimum atomic E-state index is 0.612. The van der Waals surface area contributed by atoms with Crippen LogP contribution in [0.3, 0.4) is 0 Å². The Labute approximate surface area is 91.4 Å². The minimum absolute atomic E-state index is 0.612. The van der Waals surface area contributed by atoms with Gasteiger partial charge < -0.3 is 0 Å². The van der Waals surface area contributed by atoms with E-state index in [4.69, 9.17) is 0 Å². The first-order valence-corrected chi connectivity index (χ1v) is 5.82. The maximum atomic E-state index is 2.39. The van der Waals surface area contributed by atoms with Gasteiger partial charge >= 0.3 is 0 Å². The van der Waals surface area contributed by atoms with Crippen molar-refractivity contribution in [1.82, 2.24) is 0 Å². The monoisotopic (exact) mass is 196 g/mol. The summed E-state index contributed by atoms with van der Waals surface area (Å²) in [6.07, 6.45) is 24.2. The molecule has 0 saturated heterocycles. The number of rotatable bonds is 0. The van der Waals surface area contributed by atoms with Crippen molar-refractivity contribution in [2.24, 2.45) is 23.7 Å². The maximum absolute atomic E-state index is 2.39. The van der Waals surface area contributed by atoms with Crippen molar-refractivity contribution >= 4 is 0 Å². The Hall–Kier alpha value is -1.30. The maximum Gasteiger partial charge on any atom is 0.00185 e. The van der Waals surface area contributed by atoms with E-state index in [9.17, 15) is 0 Å². The second-order valence-corrected chi connectivity index (χ2v) is 4.60. The number of allylic oxidation sites excluding steroid dienone is 10. The molecular formula is C15H16. The molecule has 3 rings (SSSR count). The van der Waals surface area contributed by atoms with E-state index in [-0.39, 0.29) is 0 Å². The van der Waals surface area contributed by atoms with E-state index >= 15 is 0 Å². The van der Waals surface area contributed by atoms with Crippen LogP contribution in [0, 0.1) is 23.7 Å². The van der Waals surface area contributed by atoms with Crippen LogP contribution < -0.4 is 0 Å². The summed E-state index contributed by atoms with van der Waals surface area (Å²) in [5.74, 6) is 2.68. The van der Waals surface area contributed by atoms with Crippen LogP contribution in [0.5, 0.6) is 0 Å². The Bertz CT molecular complexity index is 379. The fraction of sp³-hybridized carbons (Fsp3) is 0.333. The van der Waals surface area contributed by atoms with E-state index in [1.165, 1.54) is 6.42 Å². The summed E-state index contributed by atoms with van der Waals surface area (Å²) in [5.41, 5.74) is 0. The summed E-state index contributed by atoms with van der Waals surface area (Å²) in [6.45, 7) is 0. The van der Waals surface area contributed by atoms with E-state index in [0.717, 1.165) is 0 Å². The molecular weight excluding hydrogens is 180 g/mol. The molecule has 0 saturated carbocycles. The molecule has 4 atom stereocenters. The first-order chi connectivity index (χ1) is 7.45. The summed E-state index contributed by atoms with van der Waals surface area (Å²) in [7, 11) is 0. The first kappa shape index (κ1) is 8.96. The van der Waals surface area contributed by atoms with Crippen LogP contribution in [-0.2, 0) is 0 Å². The van der Waals surface area contributed by atoms with E-state index in [1.807, 2.05) is 0 Å². The van der Waals surface area contributed by atoms with Gasteiger partial charge in [-0.2, -0.15) is 0 Å². The largest absolute Gasteiger partial charge is 0.0873 e. The Morgan fingerprint density at radius 1 is 0.667 bits per heavy atom. The molecule has 0 amide bonds. The Morgan fingerprint density at radius 3 is 2.33 bits per heavy atom. The molecule has 0 spiro atoms. The summed E-state index contributed by atoms with van der Waals surface area (Å²) < 4.78 is 0. The first-order valence-electron chi connectivity index (χ1n) is 5.82. The zero-order chi connectivity index (χ0) is 10.1. The van der Waals surface area contributed by atoms with Gasteiger partial charge in [-0.25, -0.2) is 0 Å². The molecule has 0 bridgehead atoms. The lowest BCUT2D eigenvalue weighted by molar-refractivity contribution is 0.345. The van der Waals surface area contributed by atoms with Crippen LogP contribution in [0.1, 0.15) is 6.42 Å². The van der Waals surface area contributed by atoms with Gasteiger partial charge in [0.2, 0.25) is 0 Å². The standard InChI is InChI=1S/C15H16/c1-3-10-14-12(6-1)8-5-9-13-7-2-4-11-15(13)14/h1-8,10-15H,9H2. The molecule has 0 aliphatic heterocycles. The normalized spacial score (nSPS) is 41.1. The smallest absolute Gasteiger partial charge is 0.00185 e. The second kappa shape index (κ2) is 3.69. The predicted molar refractivity (Wildman–Crippen MR) is 64.3 cm³/mol. The number of hydrogen-bond acceptors (Lipinski definition) is 0. The van der Waals surface area contributed by atoms with Crippen molar-refractivity contribution < 1.29 is 0 Å². The molecule has 0 fully saturated rings. The second-order valence-electron chi connectivity index (χ2n) is 4.60. The number of hydrogen-bond donors (Lipinski definition) is 0. The highest BCUT2D eigenvalue weighted by Crippen LogP contribution is 2.39. The van der Waals surface area contributed by atoms with E-state index in [2.05, 4.69) is 60.8 Å². The van der Waals surface area contributed by atoms with Gasteiger partial charge in [0.25, 0.3) is 0 Å². The molecule has 76 valence electrons. The van der Waals surface area contributed by atoms with E-state index in [0.29, 0.717) is 23.7 Å². The van der Waals surface area contributed by atoms with Gasteiger partial charge in [-0.3, -0.25) is 0 Å². The number of fused-ring (bicyclic) bond motifs is 3. The van der Waals surface area contributed by atoms with Crippen molar-refractivity contribution in [3.05, 3.63) is 60.8 Å². The molecule has 0 nitrogen and oxygen atoms in total. The molecule has 3 aliphatic carbocycles. The molecule has 4 unspecified atom stereocenters. The SMILES string of the molecule is C1=CC2C=CCC3C=CC=CC3C2C=C1. The zero-order valence-corrected chi connectivity index (χ0v) is 8.79. The van der Waals surface area contributed by atoms with Gasteiger partial charge in [0.1, 0.15) is 0 Å². The Morgan fingerprint density at radius 2 is 1.40 bits per heavy atom. The van der Waals surface area contributed by atoms with Crippen LogP contribution in [0.25, 0.3) is 0 Å². The van der Waals surface area contributed by atoms with Crippen LogP contribution in [0.4, 0.5) is 0 Å². The summed E-state index contributed by atoms with van der Waals surface area (Å²) >= 11 is 0. The molecule has 0 aromatic carbocycles. The van der Waals surface area contributed by atoms with Gasteiger partial charge in [-0.05, 0) is 24.2 Å². The molecule has 3 aliphatic rings. The highest BCUT2D eigenvalue weighted by atomic mass is 14.3. The highest BCUT2D eigenvalue weighted by molar-refractivity contribution is 5.27. The van der Waals surface area contributed by atoms with Gasteiger partial charge in [0.15, 0.2) is 0 Å². The van der Waals surface area contributed by atoms with Gasteiger partial charge in [-0.1, -0.05) is 60.8 Å². The Kier molecular flexibility index (Phi) is 2.21. The quantitative estimate of drug-likeness (QED) is 0.519. The van der Waals surface area contributed by atoms with Gasteiger partial charge in [0.05, 0.1) is 0 Å². The third kappa shape index (κ3) is 1.54. The average molecular weight is 196 g/mol. The van der Waals surface area contributed by atoms with Crippen LogP contribution in [0.15, 0.2) is 60.8 Å². The van der Waals surface area contributed by atoms with Crippen molar-refractivity contribution in [2.75, 3.05) is 0 Å². The zero-order valence-electron chi connectivity index (χ0n) is 8.79. The summed E-state index contributed by atoms with van der Waals surface area (Å²) in [6, 6.07) is 0. The van der Waals surface area contributed by atoms with Gasteiger partial charge in [0, 0.05) is 5.92 Å². The molecule has 0 aromatic heterocycles.